The first-order valence-corrected chi connectivity index (χ1v) is 10.1. The van der Waals surface area contributed by atoms with Gasteiger partial charge >= 0.3 is 6.09 Å². The van der Waals surface area contributed by atoms with Crippen molar-refractivity contribution < 1.29 is 9.90 Å². The van der Waals surface area contributed by atoms with E-state index in [0.29, 0.717) is 26.2 Å². The van der Waals surface area contributed by atoms with Crippen LogP contribution in [0.25, 0.3) is 11.0 Å². The second-order valence-electron chi connectivity index (χ2n) is 7.65. The topological polar surface area (TPSA) is 175 Å². The van der Waals surface area contributed by atoms with E-state index < -0.39 is 6.09 Å². The number of aromatic nitrogens is 4. The molecule has 0 radical (unpaired) electrons. The zero-order valence-electron chi connectivity index (χ0n) is 17.8. The Hall–Kier alpha value is -4.27. The minimum absolute atomic E-state index is 0.00573. The molecule has 1 amide bonds. The van der Waals surface area contributed by atoms with E-state index in [1.165, 1.54) is 4.90 Å². The highest BCUT2D eigenvalue weighted by Gasteiger charge is 2.26. The highest BCUT2D eigenvalue weighted by Crippen LogP contribution is 2.32. The van der Waals surface area contributed by atoms with Crippen LogP contribution in [0.3, 0.4) is 0 Å². The van der Waals surface area contributed by atoms with Crippen molar-refractivity contribution >= 4 is 40.4 Å². The Labute approximate surface area is 184 Å². The van der Waals surface area contributed by atoms with Crippen LogP contribution in [0.5, 0.6) is 0 Å². The van der Waals surface area contributed by atoms with Gasteiger partial charge in [-0.2, -0.15) is 15.2 Å². The Morgan fingerprint density at radius 2 is 1.97 bits per heavy atom. The summed E-state index contributed by atoms with van der Waals surface area (Å²) in [5.41, 5.74) is 15.1. The second kappa shape index (κ2) is 8.10. The van der Waals surface area contributed by atoms with Gasteiger partial charge in [-0.1, -0.05) is 0 Å². The number of fused-ring (bicyclic) bond motifs is 1. The summed E-state index contributed by atoms with van der Waals surface area (Å²) in [6.45, 7) is 3.79. The smallest absolute Gasteiger partial charge is 0.407 e. The van der Waals surface area contributed by atoms with Gasteiger partial charge < -0.3 is 36.3 Å². The Morgan fingerprint density at radius 1 is 1.25 bits per heavy atom. The molecule has 1 fully saturated rings. The van der Waals surface area contributed by atoms with Crippen LogP contribution < -0.4 is 21.7 Å². The fourth-order valence-corrected chi connectivity index (χ4v) is 3.88. The van der Waals surface area contributed by atoms with Crippen LogP contribution >= 0.6 is 0 Å². The summed E-state index contributed by atoms with van der Waals surface area (Å²) < 4.78 is 1.99. The molecule has 0 aliphatic carbocycles. The summed E-state index contributed by atoms with van der Waals surface area (Å²) in [6, 6.07) is 5.64. The van der Waals surface area contributed by atoms with Gasteiger partial charge in [0.2, 0.25) is 5.95 Å². The number of nitrogens with two attached hydrogens (primary N) is 2. The number of pyridine rings is 1. The maximum absolute atomic E-state index is 11.3. The summed E-state index contributed by atoms with van der Waals surface area (Å²) >= 11 is 0. The average molecular weight is 436 g/mol. The van der Waals surface area contributed by atoms with E-state index in [-0.39, 0.29) is 29.2 Å². The number of amides is 1. The van der Waals surface area contributed by atoms with Crippen molar-refractivity contribution in [1.82, 2.24) is 24.4 Å². The first-order chi connectivity index (χ1) is 15.3. The summed E-state index contributed by atoms with van der Waals surface area (Å²) in [4.78, 5) is 27.7. The van der Waals surface area contributed by atoms with Gasteiger partial charge in [0.25, 0.3) is 0 Å². The maximum Gasteiger partial charge on any atom is 0.407 e. The maximum atomic E-state index is 11.3. The molecule has 0 saturated carbocycles. The van der Waals surface area contributed by atoms with Crippen LogP contribution in [0.2, 0.25) is 0 Å². The molecule has 1 aliphatic heterocycles. The van der Waals surface area contributed by atoms with Crippen molar-refractivity contribution in [2.75, 3.05) is 47.9 Å². The summed E-state index contributed by atoms with van der Waals surface area (Å²) in [7, 11) is 1.95. The first-order valence-electron chi connectivity index (χ1n) is 10.1. The number of hydrogen-bond acceptors (Lipinski definition) is 9. The molecule has 0 spiro atoms. The molecular weight excluding hydrogens is 412 g/mol. The third-order valence-electron chi connectivity index (χ3n) is 5.60. The predicted molar refractivity (Wildman–Crippen MR) is 120 cm³/mol. The molecule has 1 unspecified atom stereocenters. The Balaban J connectivity index is 1.73. The van der Waals surface area contributed by atoms with Crippen LogP contribution in [-0.4, -0.2) is 61.8 Å². The number of aryl methyl sites for hydroxylation is 1. The van der Waals surface area contributed by atoms with E-state index in [1.54, 1.807) is 0 Å². The number of carboxylic acid groups (broad SMARTS) is 1. The predicted octanol–water partition coefficient (Wildman–Crippen LogP) is 1.37. The van der Waals surface area contributed by atoms with Crippen molar-refractivity contribution in [2.24, 2.45) is 7.05 Å². The number of piperazine rings is 1. The number of hydrogen-bond donors (Lipinski definition) is 4. The number of nitrogen functional groups attached to an aromatic ring is 2. The number of anilines is 4. The first kappa shape index (κ1) is 21.0. The van der Waals surface area contributed by atoms with Gasteiger partial charge in [0.15, 0.2) is 5.82 Å². The Morgan fingerprint density at radius 3 is 2.62 bits per heavy atom. The van der Waals surface area contributed by atoms with E-state index in [1.807, 2.05) is 36.9 Å². The molecule has 12 nitrogen and oxygen atoms in total. The van der Waals surface area contributed by atoms with E-state index >= 15 is 0 Å². The normalized spacial score (nSPS) is 14.9. The van der Waals surface area contributed by atoms with Crippen LogP contribution in [0.1, 0.15) is 24.2 Å². The summed E-state index contributed by atoms with van der Waals surface area (Å²) in [5.74, 6) is 0.209. The van der Waals surface area contributed by atoms with Gasteiger partial charge in [0.1, 0.15) is 17.5 Å². The van der Waals surface area contributed by atoms with Crippen LogP contribution in [0.4, 0.5) is 28.1 Å². The molecule has 32 heavy (non-hydrogen) atoms. The molecular formula is C20H24N10O2. The van der Waals surface area contributed by atoms with Crippen molar-refractivity contribution in [3.63, 3.8) is 0 Å². The molecule has 1 atom stereocenters. The molecule has 4 rings (SSSR count). The van der Waals surface area contributed by atoms with E-state index in [2.05, 4.69) is 26.3 Å². The number of carbonyl (C=O) groups is 1. The van der Waals surface area contributed by atoms with Crippen molar-refractivity contribution in [3.8, 4) is 6.07 Å². The highest BCUT2D eigenvalue weighted by molar-refractivity contribution is 5.81. The molecule has 1 saturated heterocycles. The van der Waals surface area contributed by atoms with Crippen molar-refractivity contribution in [1.29, 1.82) is 5.26 Å². The molecule has 0 aromatic carbocycles. The van der Waals surface area contributed by atoms with Crippen molar-refractivity contribution in [3.05, 3.63) is 29.6 Å². The van der Waals surface area contributed by atoms with Gasteiger partial charge in [-0.25, -0.2) is 9.78 Å². The zero-order valence-corrected chi connectivity index (χ0v) is 17.8. The fourth-order valence-electron chi connectivity index (χ4n) is 3.88. The van der Waals surface area contributed by atoms with Crippen LogP contribution in [0, 0.1) is 11.3 Å². The third kappa shape index (κ3) is 3.76. The molecule has 4 heterocycles. The lowest BCUT2D eigenvalue weighted by molar-refractivity contribution is 0.142. The minimum atomic E-state index is -0.918. The quantitative estimate of drug-likeness (QED) is 0.467. The SMILES string of the molecule is CC(Nc1nc(N)nc(N)c1C#N)c1nc2ccn(C)c2cc1N1CCN(C(=O)O)CC1. The van der Waals surface area contributed by atoms with E-state index in [4.69, 9.17) is 16.5 Å². The van der Waals surface area contributed by atoms with E-state index in [9.17, 15) is 15.2 Å². The number of rotatable bonds is 4. The lowest BCUT2D eigenvalue weighted by Gasteiger charge is -2.36. The number of nitrogens with one attached hydrogen (secondary N) is 1. The lowest BCUT2D eigenvalue weighted by atomic mass is 10.1. The van der Waals surface area contributed by atoms with Gasteiger partial charge in [-0.15, -0.1) is 0 Å². The highest BCUT2D eigenvalue weighted by atomic mass is 16.4. The van der Waals surface area contributed by atoms with Crippen LogP contribution in [-0.2, 0) is 7.05 Å². The van der Waals surface area contributed by atoms with Gasteiger partial charge in [0.05, 0.1) is 28.5 Å². The molecule has 166 valence electrons. The van der Waals surface area contributed by atoms with Crippen molar-refractivity contribution in [2.45, 2.75) is 13.0 Å². The van der Waals surface area contributed by atoms with Gasteiger partial charge in [0, 0.05) is 39.4 Å². The Kier molecular flexibility index (Phi) is 5.31. The summed E-state index contributed by atoms with van der Waals surface area (Å²) in [5, 5.41) is 21.9. The zero-order chi connectivity index (χ0) is 23.0. The standard InChI is InChI=1S/C20H24N10O2/c1-11(24-18-12(10-21)17(22)26-19(23)27-18)16-15(9-14-13(25-16)3-4-28(14)2)29-5-7-30(8-6-29)20(31)32/h3-4,9,11H,5-8H2,1-2H3,(H,31,32)(H5,22,23,24,26,27). The van der Waals surface area contributed by atoms with Crippen LogP contribution in [0.15, 0.2) is 18.3 Å². The second-order valence-corrected chi connectivity index (χ2v) is 7.65. The summed E-state index contributed by atoms with van der Waals surface area (Å²) in [6.07, 6.45) is 1.02. The molecule has 3 aromatic rings. The minimum Gasteiger partial charge on any atom is -0.465 e. The number of nitriles is 1. The van der Waals surface area contributed by atoms with Gasteiger partial charge in [-0.05, 0) is 19.1 Å². The molecule has 3 aromatic heterocycles. The Bertz CT molecular complexity index is 1220. The largest absolute Gasteiger partial charge is 0.465 e. The average Bonchev–Trinajstić information content (AvgIpc) is 3.12. The molecule has 6 N–H and O–H groups in total. The monoisotopic (exact) mass is 436 g/mol. The molecule has 12 heteroatoms. The third-order valence-corrected chi connectivity index (χ3v) is 5.60. The molecule has 0 bridgehead atoms. The lowest BCUT2D eigenvalue weighted by Crippen LogP contribution is -2.48. The number of nitrogens with zero attached hydrogens (tertiary/aromatic N) is 7. The van der Waals surface area contributed by atoms with E-state index in [0.717, 1.165) is 22.4 Å². The molecule has 1 aliphatic rings. The van der Waals surface area contributed by atoms with Gasteiger partial charge in [-0.3, -0.25) is 0 Å². The fraction of sp³-hybridized carbons (Fsp3) is 0.350.